The molecule has 0 radical (unpaired) electrons. The lowest BCUT2D eigenvalue weighted by Gasteiger charge is -2.15. The summed E-state index contributed by atoms with van der Waals surface area (Å²) in [6.07, 6.45) is -5.84. The molecular weight excluding hydrogens is 263 g/mol. The van der Waals surface area contributed by atoms with E-state index >= 15 is 0 Å². The number of aliphatic hydroxyl groups is 1. The van der Waals surface area contributed by atoms with Crippen LogP contribution in [-0.2, 0) is 6.18 Å². The molecule has 0 fully saturated rings. The number of rotatable bonds is 2. The Balaban J connectivity index is 2.45. The lowest BCUT2D eigenvalue weighted by atomic mass is 10.0. The van der Waals surface area contributed by atoms with Crippen molar-refractivity contribution in [1.82, 2.24) is 4.98 Å². The zero-order valence-electron chi connectivity index (χ0n) is 9.40. The number of aryl methyl sites for hydroxylation is 1. The Morgan fingerprint density at radius 1 is 1.28 bits per heavy atom. The third-order valence-electron chi connectivity index (χ3n) is 2.48. The molecule has 1 N–H and O–H groups in total. The van der Waals surface area contributed by atoms with Gasteiger partial charge in [0.25, 0.3) is 0 Å². The maximum Gasteiger partial charge on any atom is 0.416 e. The summed E-state index contributed by atoms with van der Waals surface area (Å²) in [6, 6.07) is 4.98. The van der Waals surface area contributed by atoms with Crippen molar-refractivity contribution in [2.45, 2.75) is 19.2 Å². The zero-order valence-corrected chi connectivity index (χ0v) is 10.2. The minimum Gasteiger partial charge on any atom is -0.382 e. The molecule has 1 aromatic heterocycles. The molecule has 1 aromatic carbocycles. The molecule has 0 aliphatic rings. The first kappa shape index (κ1) is 13.0. The van der Waals surface area contributed by atoms with Crippen molar-refractivity contribution in [3.63, 3.8) is 0 Å². The Labute approximate surface area is 106 Å². The van der Waals surface area contributed by atoms with E-state index in [9.17, 15) is 18.3 Å². The van der Waals surface area contributed by atoms with Crippen LogP contribution < -0.4 is 0 Å². The van der Waals surface area contributed by atoms with Gasteiger partial charge in [0.2, 0.25) is 0 Å². The SMILES string of the molecule is Cc1nc(C(O)c2ccccc2C(F)(F)F)cs1. The fourth-order valence-electron chi connectivity index (χ4n) is 1.66. The van der Waals surface area contributed by atoms with Crippen molar-refractivity contribution in [3.8, 4) is 0 Å². The van der Waals surface area contributed by atoms with Crippen molar-refractivity contribution < 1.29 is 18.3 Å². The standard InChI is InChI=1S/C12H10F3NOS/c1-7-16-10(6-18-7)11(17)8-4-2-3-5-9(8)12(13,14)15/h2-6,11,17H,1H3. The molecule has 1 unspecified atom stereocenters. The Kier molecular flexibility index (Phi) is 3.41. The number of alkyl halides is 3. The van der Waals surface area contributed by atoms with Gasteiger partial charge in [0.1, 0.15) is 6.10 Å². The van der Waals surface area contributed by atoms with Gasteiger partial charge in [0.05, 0.1) is 16.3 Å². The number of halogens is 3. The summed E-state index contributed by atoms with van der Waals surface area (Å²) >= 11 is 1.29. The molecule has 2 rings (SSSR count). The highest BCUT2D eigenvalue weighted by Crippen LogP contribution is 2.36. The van der Waals surface area contributed by atoms with Gasteiger partial charge in [0.15, 0.2) is 0 Å². The molecule has 0 bridgehead atoms. The predicted octanol–water partition coefficient (Wildman–Crippen LogP) is 3.55. The minimum absolute atomic E-state index is 0.171. The third kappa shape index (κ3) is 2.54. The van der Waals surface area contributed by atoms with Crippen LogP contribution in [0.2, 0.25) is 0 Å². The van der Waals surface area contributed by atoms with Crippen LogP contribution >= 0.6 is 11.3 Å². The summed E-state index contributed by atoms with van der Waals surface area (Å²) in [5.41, 5.74) is -0.757. The second kappa shape index (κ2) is 4.70. The number of hydrogen-bond acceptors (Lipinski definition) is 3. The average molecular weight is 273 g/mol. The minimum atomic E-state index is -4.48. The van der Waals surface area contributed by atoms with Gasteiger partial charge >= 0.3 is 6.18 Å². The Morgan fingerprint density at radius 2 is 1.94 bits per heavy atom. The van der Waals surface area contributed by atoms with E-state index in [1.165, 1.54) is 29.5 Å². The molecule has 1 atom stereocenters. The molecular formula is C12H10F3NOS. The van der Waals surface area contributed by atoms with Crippen LogP contribution in [0.4, 0.5) is 13.2 Å². The molecule has 2 nitrogen and oxygen atoms in total. The molecule has 0 aliphatic carbocycles. The topological polar surface area (TPSA) is 33.1 Å². The molecule has 0 saturated heterocycles. The second-order valence-corrected chi connectivity index (χ2v) is 4.84. The molecule has 2 aromatic rings. The lowest BCUT2D eigenvalue weighted by molar-refractivity contribution is -0.139. The van der Waals surface area contributed by atoms with E-state index in [1.54, 1.807) is 12.3 Å². The van der Waals surface area contributed by atoms with Gasteiger partial charge in [-0.3, -0.25) is 0 Å². The highest BCUT2D eigenvalue weighted by Gasteiger charge is 2.35. The van der Waals surface area contributed by atoms with Gasteiger partial charge in [0, 0.05) is 5.38 Å². The summed E-state index contributed by atoms with van der Waals surface area (Å²) in [6.45, 7) is 1.73. The number of aliphatic hydroxyl groups excluding tert-OH is 1. The Hall–Kier alpha value is -1.40. The first-order chi connectivity index (χ1) is 8.39. The molecule has 0 spiro atoms. The van der Waals surface area contributed by atoms with E-state index in [1.807, 2.05) is 0 Å². The largest absolute Gasteiger partial charge is 0.416 e. The molecule has 0 aliphatic heterocycles. The summed E-state index contributed by atoms with van der Waals surface area (Å²) in [5, 5.41) is 12.3. The van der Waals surface area contributed by atoms with E-state index in [0.29, 0.717) is 5.01 Å². The third-order valence-corrected chi connectivity index (χ3v) is 3.27. The smallest absolute Gasteiger partial charge is 0.382 e. The van der Waals surface area contributed by atoms with E-state index in [4.69, 9.17) is 0 Å². The fourth-order valence-corrected chi connectivity index (χ4v) is 2.29. The first-order valence-electron chi connectivity index (χ1n) is 5.16. The number of aromatic nitrogens is 1. The van der Waals surface area contributed by atoms with Crippen LogP contribution in [0, 0.1) is 6.92 Å². The second-order valence-electron chi connectivity index (χ2n) is 3.78. The highest BCUT2D eigenvalue weighted by molar-refractivity contribution is 7.09. The van der Waals surface area contributed by atoms with Crippen molar-refractivity contribution in [1.29, 1.82) is 0 Å². The number of nitrogens with zero attached hydrogens (tertiary/aromatic N) is 1. The van der Waals surface area contributed by atoms with Crippen molar-refractivity contribution in [3.05, 3.63) is 51.5 Å². The molecule has 18 heavy (non-hydrogen) atoms. The predicted molar refractivity (Wildman–Crippen MR) is 62.4 cm³/mol. The fraction of sp³-hybridized carbons (Fsp3) is 0.250. The van der Waals surface area contributed by atoms with Crippen LogP contribution in [0.5, 0.6) is 0 Å². The average Bonchev–Trinajstić information content (AvgIpc) is 2.74. The van der Waals surface area contributed by atoms with Gasteiger partial charge in [-0.15, -0.1) is 11.3 Å². The number of hydrogen-bond donors (Lipinski definition) is 1. The number of benzene rings is 1. The quantitative estimate of drug-likeness (QED) is 0.907. The lowest BCUT2D eigenvalue weighted by Crippen LogP contribution is -2.12. The van der Waals surface area contributed by atoms with Crippen LogP contribution in [0.3, 0.4) is 0 Å². The van der Waals surface area contributed by atoms with E-state index in [-0.39, 0.29) is 11.3 Å². The van der Waals surface area contributed by atoms with Crippen LogP contribution in [0.15, 0.2) is 29.6 Å². The molecule has 0 amide bonds. The van der Waals surface area contributed by atoms with Gasteiger partial charge in [-0.1, -0.05) is 18.2 Å². The van der Waals surface area contributed by atoms with Crippen LogP contribution in [0.1, 0.15) is 27.9 Å². The van der Waals surface area contributed by atoms with Gasteiger partial charge in [-0.05, 0) is 18.6 Å². The van der Waals surface area contributed by atoms with E-state index in [0.717, 1.165) is 6.07 Å². The zero-order chi connectivity index (χ0) is 13.3. The highest BCUT2D eigenvalue weighted by atomic mass is 32.1. The molecule has 0 saturated carbocycles. The van der Waals surface area contributed by atoms with Gasteiger partial charge in [-0.25, -0.2) is 4.98 Å². The van der Waals surface area contributed by atoms with E-state index in [2.05, 4.69) is 4.98 Å². The number of thiazole rings is 1. The van der Waals surface area contributed by atoms with Crippen molar-refractivity contribution in [2.24, 2.45) is 0 Å². The summed E-state index contributed by atoms with van der Waals surface area (Å²) < 4.78 is 38.4. The maximum atomic E-state index is 12.8. The Morgan fingerprint density at radius 3 is 2.50 bits per heavy atom. The van der Waals surface area contributed by atoms with Gasteiger partial charge < -0.3 is 5.11 Å². The van der Waals surface area contributed by atoms with E-state index < -0.39 is 17.8 Å². The van der Waals surface area contributed by atoms with Gasteiger partial charge in [-0.2, -0.15) is 13.2 Å². The van der Waals surface area contributed by atoms with Crippen LogP contribution in [0.25, 0.3) is 0 Å². The summed E-state index contributed by atoms with van der Waals surface area (Å²) in [4.78, 5) is 4.01. The molecule has 6 heteroatoms. The van der Waals surface area contributed by atoms with Crippen LogP contribution in [-0.4, -0.2) is 10.1 Å². The van der Waals surface area contributed by atoms with Crippen molar-refractivity contribution in [2.75, 3.05) is 0 Å². The summed E-state index contributed by atoms with van der Waals surface area (Å²) in [7, 11) is 0. The van der Waals surface area contributed by atoms with Crippen molar-refractivity contribution >= 4 is 11.3 Å². The molecule has 1 heterocycles. The monoisotopic (exact) mass is 273 g/mol. The Bertz CT molecular complexity index is 550. The molecule has 96 valence electrons. The maximum absolute atomic E-state index is 12.8. The normalized spacial score (nSPS) is 13.6. The first-order valence-corrected chi connectivity index (χ1v) is 6.04. The summed E-state index contributed by atoms with van der Waals surface area (Å²) in [5.74, 6) is 0.